The largest absolute Gasteiger partial charge is 0.393 e. The third kappa shape index (κ3) is 3.39. The molecule has 1 aromatic rings. The number of sulfonamides is 1. The lowest BCUT2D eigenvalue weighted by Gasteiger charge is -2.29. The van der Waals surface area contributed by atoms with Gasteiger partial charge in [-0.1, -0.05) is 12.8 Å². The van der Waals surface area contributed by atoms with E-state index < -0.39 is 16.1 Å². The Balaban J connectivity index is 2.29. The van der Waals surface area contributed by atoms with Crippen LogP contribution in [0, 0.1) is 0 Å². The van der Waals surface area contributed by atoms with E-state index in [1.54, 1.807) is 18.3 Å². The number of hydrogen-bond donors (Lipinski definition) is 1. The second-order valence-electron chi connectivity index (χ2n) is 5.55. The average Bonchev–Trinajstić information content (AvgIpc) is 2.66. The lowest BCUT2D eigenvalue weighted by atomic mass is 10.1. The van der Waals surface area contributed by atoms with Crippen molar-refractivity contribution in [3.8, 4) is 0 Å². The smallest absolute Gasteiger partial charge is 0.246 e. The average molecular weight is 301 g/mol. The number of hydrogen-bond acceptors (Lipinski definition) is 4. The zero-order valence-electron chi connectivity index (χ0n) is 12.1. The van der Waals surface area contributed by atoms with Crippen LogP contribution < -0.4 is 0 Å². The Kier molecular flexibility index (Phi) is 4.82. The predicted octanol–water partition coefficient (Wildman–Crippen LogP) is 1.12. The monoisotopic (exact) mass is 301 g/mol. The van der Waals surface area contributed by atoms with Gasteiger partial charge in [0.05, 0.1) is 12.3 Å². The molecule has 0 spiro atoms. The van der Waals surface area contributed by atoms with Crippen molar-refractivity contribution in [2.75, 3.05) is 6.54 Å². The van der Waals surface area contributed by atoms with Gasteiger partial charge in [0.15, 0.2) is 0 Å². The van der Waals surface area contributed by atoms with Gasteiger partial charge in [-0.05, 0) is 26.2 Å². The molecule has 2 rings (SSSR count). The molecule has 0 aliphatic carbocycles. The van der Waals surface area contributed by atoms with Crippen molar-refractivity contribution < 1.29 is 13.5 Å². The summed E-state index contributed by atoms with van der Waals surface area (Å²) in [4.78, 5) is 0.234. The number of aryl methyl sites for hydroxylation is 1. The number of aromatic nitrogens is 2. The minimum absolute atomic E-state index is 0.122. The molecule has 2 heterocycles. The van der Waals surface area contributed by atoms with E-state index in [9.17, 15) is 13.5 Å². The molecular weight excluding hydrogens is 278 g/mol. The molecule has 1 saturated heterocycles. The third-order valence-corrected chi connectivity index (χ3v) is 5.63. The second-order valence-corrected chi connectivity index (χ2v) is 7.44. The summed E-state index contributed by atoms with van der Waals surface area (Å²) in [5.41, 5.74) is 0. The molecule has 1 fully saturated rings. The lowest BCUT2D eigenvalue weighted by molar-refractivity contribution is 0.147. The van der Waals surface area contributed by atoms with Crippen LogP contribution in [-0.2, 0) is 17.1 Å². The van der Waals surface area contributed by atoms with Gasteiger partial charge in [0, 0.05) is 25.8 Å². The van der Waals surface area contributed by atoms with Gasteiger partial charge < -0.3 is 5.11 Å². The Bertz CT molecular complexity index is 539. The predicted molar refractivity (Wildman–Crippen MR) is 75.7 cm³/mol. The molecule has 20 heavy (non-hydrogen) atoms. The quantitative estimate of drug-likeness (QED) is 0.904. The maximum atomic E-state index is 12.7. The van der Waals surface area contributed by atoms with E-state index >= 15 is 0 Å². The minimum atomic E-state index is -3.52. The summed E-state index contributed by atoms with van der Waals surface area (Å²) in [6.45, 7) is 2.23. The fraction of sp³-hybridized carbons (Fsp3) is 0.769. The molecule has 1 N–H and O–H groups in total. The summed E-state index contributed by atoms with van der Waals surface area (Å²) < 4.78 is 28.5. The van der Waals surface area contributed by atoms with Crippen molar-refractivity contribution in [2.24, 2.45) is 7.05 Å². The summed E-state index contributed by atoms with van der Waals surface area (Å²) in [5.74, 6) is 0. The lowest BCUT2D eigenvalue weighted by Crippen LogP contribution is -2.41. The van der Waals surface area contributed by atoms with E-state index in [0.717, 1.165) is 25.7 Å². The molecular formula is C13H23N3O3S. The van der Waals surface area contributed by atoms with Crippen LogP contribution in [0.2, 0.25) is 0 Å². The summed E-state index contributed by atoms with van der Waals surface area (Å²) in [5, 5.41) is 13.6. The van der Waals surface area contributed by atoms with Gasteiger partial charge in [0.25, 0.3) is 0 Å². The van der Waals surface area contributed by atoms with Crippen LogP contribution in [0.25, 0.3) is 0 Å². The number of aliphatic hydroxyl groups is 1. The topological polar surface area (TPSA) is 75.4 Å². The molecule has 7 heteroatoms. The highest BCUT2D eigenvalue weighted by molar-refractivity contribution is 7.89. The molecule has 2 unspecified atom stereocenters. The van der Waals surface area contributed by atoms with Crippen LogP contribution in [0.4, 0.5) is 0 Å². The Morgan fingerprint density at radius 3 is 2.80 bits per heavy atom. The first-order chi connectivity index (χ1) is 9.41. The fourth-order valence-corrected chi connectivity index (χ4v) is 4.45. The molecule has 1 aromatic heterocycles. The Hall–Kier alpha value is -0.920. The van der Waals surface area contributed by atoms with E-state index in [4.69, 9.17) is 0 Å². The van der Waals surface area contributed by atoms with Gasteiger partial charge in [-0.25, -0.2) is 8.42 Å². The highest BCUT2D eigenvalue weighted by atomic mass is 32.2. The maximum Gasteiger partial charge on any atom is 0.246 e. The van der Waals surface area contributed by atoms with Gasteiger partial charge in [0.2, 0.25) is 10.0 Å². The summed E-state index contributed by atoms with van der Waals surface area (Å²) in [7, 11) is -1.82. The van der Waals surface area contributed by atoms with Gasteiger partial charge in [-0.15, -0.1) is 0 Å². The van der Waals surface area contributed by atoms with Gasteiger partial charge in [-0.3, -0.25) is 4.68 Å². The highest BCUT2D eigenvalue weighted by Crippen LogP contribution is 2.26. The first-order valence-electron chi connectivity index (χ1n) is 7.10. The number of aliphatic hydroxyl groups excluding tert-OH is 1. The van der Waals surface area contributed by atoms with Crippen LogP contribution in [0.15, 0.2) is 17.3 Å². The molecule has 0 aromatic carbocycles. The van der Waals surface area contributed by atoms with Crippen LogP contribution in [-0.4, -0.2) is 46.3 Å². The molecule has 2 atom stereocenters. The molecule has 114 valence electrons. The summed E-state index contributed by atoms with van der Waals surface area (Å²) >= 11 is 0. The minimum Gasteiger partial charge on any atom is -0.393 e. The number of rotatable bonds is 4. The summed E-state index contributed by atoms with van der Waals surface area (Å²) in [6, 6.07) is -0.122. The van der Waals surface area contributed by atoms with Crippen molar-refractivity contribution in [2.45, 2.75) is 56.1 Å². The van der Waals surface area contributed by atoms with E-state index in [1.807, 2.05) is 0 Å². The van der Waals surface area contributed by atoms with Crippen LogP contribution >= 0.6 is 0 Å². The van der Waals surface area contributed by atoms with Crippen molar-refractivity contribution in [3.63, 3.8) is 0 Å². The molecule has 1 aliphatic heterocycles. The fourth-order valence-electron chi connectivity index (χ4n) is 2.76. The third-order valence-electron chi connectivity index (χ3n) is 3.72. The van der Waals surface area contributed by atoms with Crippen molar-refractivity contribution in [1.82, 2.24) is 14.1 Å². The molecule has 0 radical (unpaired) electrons. The Morgan fingerprint density at radius 2 is 2.20 bits per heavy atom. The summed E-state index contributed by atoms with van der Waals surface area (Å²) in [6.07, 6.45) is 6.63. The molecule has 0 amide bonds. The second kappa shape index (κ2) is 6.24. The van der Waals surface area contributed by atoms with Crippen molar-refractivity contribution in [3.05, 3.63) is 12.4 Å². The zero-order chi connectivity index (χ0) is 14.8. The molecule has 6 nitrogen and oxygen atoms in total. The van der Waals surface area contributed by atoms with Gasteiger partial charge in [0.1, 0.15) is 4.90 Å². The molecule has 1 aliphatic rings. The van der Waals surface area contributed by atoms with E-state index in [2.05, 4.69) is 5.10 Å². The molecule has 0 saturated carbocycles. The first-order valence-corrected chi connectivity index (χ1v) is 8.54. The highest BCUT2D eigenvalue weighted by Gasteiger charge is 2.33. The van der Waals surface area contributed by atoms with Crippen molar-refractivity contribution in [1.29, 1.82) is 0 Å². The van der Waals surface area contributed by atoms with Crippen LogP contribution in [0.5, 0.6) is 0 Å². The van der Waals surface area contributed by atoms with Crippen molar-refractivity contribution >= 4 is 10.0 Å². The maximum absolute atomic E-state index is 12.7. The number of nitrogens with zero attached hydrogens (tertiary/aromatic N) is 3. The van der Waals surface area contributed by atoms with Gasteiger partial charge in [-0.2, -0.15) is 9.40 Å². The van der Waals surface area contributed by atoms with E-state index in [-0.39, 0.29) is 10.9 Å². The van der Waals surface area contributed by atoms with E-state index in [1.165, 1.54) is 17.1 Å². The normalized spacial score (nSPS) is 23.4. The van der Waals surface area contributed by atoms with E-state index in [0.29, 0.717) is 13.0 Å². The SMILES string of the molecule is CC(O)CC1CCCCCN1S(=O)(=O)c1cnn(C)c1. The van der Waals surface area contributed by atoms with Gasteiger partial charge >= 0.3 is 0 Å². The van der Waals surface area contributed by atoms with Crippen LogP contribution in [0.3, 0.4) is 0 Å². The first kappa shape index (κ1) is 15.5. The Labute approximate surface area is 120 Å². The molecule has 0 bridgehead atoms. The zero-order valence-corrected chi connectivity index (χ0v) is 12.9. The standard InChI is InChI=1S/C13H23N3O3S/c1-11(17)8-12-6-4-3-5-7-16(12)20(18,19)13-9-14-15(2)10-13/h9-12,17H,3-8H2,1-2H3. The Morgan fingerprint density at radius 1 is 1.45 bits per heavy atom. The van der Waals surface area contributed by atoms with Crippen LogP contribution in [0.1, 0.15) is 39.0 Å².